The molecule has 4 aliphatic rings. The first-order chi connectivity index (χ1) is 47.0. The summed E-state index contributed by atoms with van der Waals surface area (Å²) in [5.74, 6) is -1.53. The number of imide groups is 2. The van der Waals surface area contributed by atoms with Gasteiger partial charge in [-0.2, -0.15) is 0 Å². The molecule has 14 heteroatoms. The minimum absolute atomic E-state index is 0.291. The van der Waals surface area contributed by atoms with E-state index in [9.17, 15) is 19.2 Å². The number of halogens is 4. The first-order valence-corrected chi connectivity index (χ1v) is 32.9. The van der Waals surface area contributed by atoms with Crippen molar-refractivity contribution in [1.82, 2.24) is 0 Å². The second-order valence-corrected chi connectivity index (χ2v) is 26.2. The molecule has 0 spiro atoms. The molecule has 10 nitrogen and oxygen atoms in total. The number of para-hydroxylation sites is 6. The largest absolute Gasteiger partial charge is 0.322 e. The number of anilines is 10. The molecule has 0 atom stereocenters. The van der Waals surface area contributed by atoms with Gasteiger partial charge in [0.25, 0.3) is 23.6 Å². The van der Waals surface area contributed by atoms with E-state index >= 15 is 0 Å². The Labute approximate surface area is 568 Å². The van der Waals surface area contributed by atoms with Crippen molar-refractivity contribution in [3.8, 4) is 0 Å². The summed E-state index contributed by atoms with van der Waals surface area (Å²) in [4.78, 5) is 68.0. The fraction of sp³-hybridized carbons (Fsp3) is 0.0244. The molecule has 20 rings (SSSR count). The molecule has 4 heterocycles. The summed E-state index contributed by atoms with van der Waals surface area (Å²) >= 11 is 29.2. The van der Waals surface area contributed by atoms with Crippen LogP contribution in [0.4, 0.5) is 56.9 Å². The Morgan fingerprint density at radius 3 is 0.833 bits per heavy atom. The van der Waals surface area contributed by atoms with E-state index in [2.05, 4.69) is 141 Å². The SMILES string of the molecule is O=C1c2cc(Cl)c3c4c(Cl)cc5c6c(cc(Cl)c(c7c(Cl)cc(c2c37)C(=O)N1c1ccccc1)c64)N(c1ccccc1)CN5c1ccccc1.O=C1c2ccc3c4ccc5c6c(ccc(c7ccc(c2c37)C(=O)N1c1ccccc1)c64)N(c1ccccc1)CN5c1ccccc1. The topological polar surface area (TPSA) is 87.7 Å². The van der Waals surface area contributed by atoms with Crippen LogP contribution in [-0.4, -0.2) is 37.0 Å². The van der Waals surface area contributed by atoms with Crippen LogP contribution in [0.25, 0.3) is 86.2 Å². The first-order valence-electron chi connectivity index (χ1n) is 31.4. The van der Waals surface area contributed by atoms with E-state index in [1.165, 1.54) is 20.6 Å². The molecule has 4 aliphatic heterocycles. The van der Waals surface area contributed by atoms with Crippen molar-refractivity contribution in [2.75, 3.05) is 42.7 Å². The van der Waals surface area contributed by atoms with E-state index < -0.39 is 11.8 Å². The van der Waals surface area contributed by atoms with E-state index in [0.29, 0.717) is 99.4 Å². The van der Waals surface area contributed by atoms with Crippen LogP contribution < -0.4 is 29.4 Å². The van der Waals surface area contributed by atoms with E-state index in [1.807, 2.05) is 84.9 Å². The molecule has 456 valence electrons. The summed E-state index contributed by atoms with van der Waals surface area (Å²) in [5, 5.41) is 15.3. The molecule has 0 saturated heterocycles. The molecule has 16 aromatic carbocycles. The van der Waals surface area contributed by atoms with Crippen LogP contribution in [0.1, 0.15) is 41.4 Å². The van der Waals surface area contributed by atoms with Crippen molar-refractivity contribution in [3.63, 3.8) is 0 Å². The second kappa shape index (κ2) is 21.1. The maximum atomic E-state index is 14.2. The molecule has 0 aromatic heterocycles. The van der Waals surface area contributed by atoms with Gasteiger partial charge in [0, 0.05) is 103 Å². The fourth-order valence-electron chi connectivity index (χ4n) is 15.7. The minimum Gasteiger partial charge on any atom is -0.322 e. The van der Waals surface area contributed by atoms with Crippen molar-refractivity contribution < 1.29 is 19.2 Å². The number of hydrogen-bond donors (Lipinski definition) is 0. The van der Waals surface area contributed by atoms with Gasteiger partial charge in [-0.15, -0.1) is 0 Å². The van der Waals surface area contributed by atoms with Crippen LogP contribution in [0.2, 0.25) is 20.1 Å². The molecular formula is C82H46Cl4N6O4. The van der Waals surface area contributed by atoms with Crippen LogP contribution in [0, 0.1) is 0 Å². The van der Waals surface area contributed by atoms with Crippen LogP contribution >= 0.6 is 46.4 Å². The van der Waals surface area contributed by atoms with Crippen molar-refractivity contribution in [3.05, 3.63) is 297 Å². The lowest BCUT2D eigenvalue weighted by molar-refractivity contribution is 0.0877. The molecule has 0 unspecified atom stereocenters. The molecule has 96 heavy (non-hydrogen) atoms. The summed E-state index contributed by atoms with van der Waals surface area (Å²) in [6.45, 7) is 1.18. The molecule has 0 radical (unpaired) electrons. The number of amides is 4. The highest BCUT2D eigenvalue weighted by Crippen LogP contribution is 2.59. The number of fused-ring (bicyclic) bond motifs is 4. The average Bonchev–Trinajstić information content (AvgIpc) is 0.685. The van der Waals surface area contributed by atoms with E-state index in [1.54, 1.807) is 48.5 Å². The first kappa shape index (κ1) is 56.3. The number of nitrogens with zero attached hydrogens (tertiary/aromatic N) is 6. The molecular weight excluding hydrogens is 1270 g/mol. The Morgan fingerprint density at radius 2 is 0.479 bits per heavy atom. The molecule has 0 saturated carbocycles. The van der Waals surface area contributed by atoms with Gasteiger partial charge in [-0.1, -0.05) is 180 Å². The highest BCUT2D eigenvalue weighted by atomic mass is 35.5. The highest BCUT2D eigenvalue weighted by molar-refractivity contribution is 6.56. The number of rotatable bonds is 6. The maximum Gasteiger partial charge on any atom is 0.266 e. The van der Waals surface area contributed by atoms with Gasteiger partial charge in [-0.3, -0.25) is 19.2 Å². The summed E-state index contributed by atoms with van der Waals surface area (Å²) in [6.07, 6.45) is 0. The lowest BCUT2D eigenvalue weighted by Gasteiger charge is -2.40. The zero-order valence-electron chi connectivity index (χ0n) is 50.5. The summed E-state index contributed by atoms with van der Waals surface area (Å²) in [6, 6.07) is 83.5. The quantitative estimate of drug-likeness (QED) is 0.0924. The zero-order chi connectivity index (χ0) is 64.5. The molecule has 0 N–H and O–H groups in total. The summed E-state index contributed by atoms with van der Waals surface area (Å²) < 4.78 is 0. The zero-order valence-corrected chi connectivity index (χ0v) is 53.5. The Kier molecular flexibility index (Phi) is 12.4. The van der Waals surface area contributed by atoms with Crippen LogP contribution in [0.15, 0.2) is 255 Å². The Balaban J connectivity index is 0.000000136. The monoisotopic (exact) mass is 1320 g/mol. The molecule has 4 amide bonds. The maximum absolute atomic E-state index is 14.2. The Morgan fingerprint density at radius 1 is 0.219 bits per heavy atom. The number of benzene rings is 16. The lowest BCUT2D eigenvalue weighted by atomic mass is 9.83. The summed E-state index contributed by atoms with van der Waals surface area (Å²) in [7, 11) is 0. The van der Waals surface area contributed by atoms with Gasteiger partial charge in [-0.05, 0) is 148 Å². The normalized spacial score (nSPS) is 14.3. The molecule has 0 fully saturated rings. The van der Waals surface area contributed by atoms with Gasteiger partial charge >= 0.3 is 0 Å². The third-order valence-electron chi connectivity index (χ3n) is 19.7. The average molecular weight is 1320 g/mol. The van der Waals surface area contributed by atoms with Crippen molar-refractivity contribution in [2.24, 2.45) is 0 Å². The van der Waals surface area contributed by atoms with Crippen molar-refractivity contribution in [2.45, 2.75) is 0 Å². The minimum atomic E-state index is -0.472. The van der Waals surface area contributed by atoms with Crippen LogP contribution in [-0.2, 0) is 0 Å². The predicted octanol–water partition coefficient (Wildman–Crippen LogP) is 22.2. The third-order valence-corrected chi connectivity index (χ3v) is 20.9. The van der Waals surface area contributed by atoms with Gasteiger partial charge < -0.3 is 19.6 Å². The Hall–Kier alpha value is -11.2. The van der Waals surface area contributed by atoms with Gasteiger partial charge in [-0.25, -0.2) is 9.80 Å². The molecule has 0 aliphatic carbocycles. The highest BCUT2D eigenvalue weighted by Gasteiger charge is 2.41. The van der Waals surface area contributed by atoms with Crippen LogP contribution in [0.3, 0.4) is 0 Å². The van der Waals surface area contributed by atoms with Gasteiger partial charge in [0.15, 0.2) is 0 Å². The van der Waals surface area contributed by atoms with Crippen molar-refractivity contribution in [1.29, 1.82) is 0 Å². The van der Waals surface area contributed by atoms with Gasteiger partial charge in [0.1, 0.15) is 0 Å². The summed E-state index contributed by atoms with van der Waals surface area (Å²) in [5.41, 5.74) is 11.1. The predicted molar refractivity (Wildman–Crippen MR) is 395 cm³/mol. The molecule has 16 aromatic rings. The van der Waals surface area contributed by atoms with Crippen molar-refractivity contribution >= 4 is 213 Å². The van der Waals surface area contributed by atoms with Gasteiger partial charge in [0.05, 0.1) is 68.6 Å². The number of carbonyl (C=O) groups excluding carboxylic acids is 4. The number of hydrogen-bond acceptors (Lipinski definition) is 8. The van der Waals surface area contributed by atoms with Gasteiger partial charge in [0.2, 0.25) is 0 Å². The number of carbonyl (C=O) groups is 4. The standard InChI is InChI=1S/C41H21Cl4N3O2.C41H25N3O2/c42-26-16-24-32-25(41(50)48(40(24)49)23-14-8-3-9-15-23)17-27(43)34-36-29(45)19-31-37-30(18-28(44)35(39(36)37)33(26)38(32)34)46(21-10-4-1-5-11-21)20-47(31)22-12-6-2-7-13-22;45-40-32-18-16-28-30-20-22-34-39-35(43(26-12-6-2-7-13-26)24-42(34)25-10-4-1-5-11-25)23-21-31(37(30)39)29-17-19-33(38(32)36(28)29)41(46)44(40)27-14-8-3-9-15-27/h1-19H,20H2;1-23H,24H2. The third kappa shape index (κ3) is 7.89. The second-order valence-electron chi connectivity index (χ2n) is 24.6. The van der Waals surface area contributed by atoms with E-state index in [4.69, 9.17) is 46.4 Å². The fourth-order valence-corrected chi connectivity index (χ4v) is 16.9. The molecule has 0 bridgehead atoms. The lowest BCUT2D eigenvalue weighted by Crippen LogP contribution is -2.40. The Bertz CT molecular complexity index is 5760. The van der Waals surface area contributed by atoms with E-state index in [0.717, 1.165) is 88.6 Å². The van der Waals surface area contributed by atoms with E-state index in [-0.39, 0.29) is 11.8 Å². The smallest absolute Gasteiger partial charge is 0.266 e. The van der Waals surface area contributed by atoms with Crippen LogP contribution in [0.5, 0.6) is 0 Å².